The number of rotatable bonds is 4. The number of hydrogen-bond acceptors (Lipinski definition) is 3. The smallest absolute Gasteiger partial charge is 0.197 e. The van der Waals surface area contributed by atoms with Crippen molar-refractivity contribution in [2.75, 3.05) is 0 Å². The van der Waals surface area contributed by atoms with Gasteiger partial charge in [0.05, 0.1) is 12.2 Å². The summed E-state index contributed by atoms with van der Waals surface area (Å²) in [5.74, 6) is 0.743. The standard InChI is InChI=1S/C21H25N5/c1-15-7-2-3-8-16(15)13-21(22)18-10-6-11-19(18)25-20(26-21)24-14-17-9-4-5-12-23-17/h2-5,7-9,12H,6,10-11,13-14,22H2,1H3,(H2,24,25,26). The summed E-state index contributed by atoms with van der Waals surface area (Å²) < 4.78 is 0. The molecule has 2 heterocycles. The highest BCUT2D eigenvalue weighted by molar-refractivity contribution is 5.85. The van der Waals surface area contributed by atoms with Crippen molar-refractivity contribution < 1.29 is 0 Å². The molecule has 0 saturated carbocycles. The van der Waals surface area contributed by atoms with Gasteiger partial charge in [0.2, 0.25) is 0 Å². The molecule has 134 valence electrons. The van der Waals surface area contributed by atoms with Crippen molar-refractivity contribution >= 4 is 5.96 Å². The Morgan fingerprint density at radius 3 is 2.81 bits per heavy atom. The van der Waals surface area contributed by atoms with Crippen LogP contribution < -0.4 is 16.4 Å². The molecule has 2 aromatic rings. The van der Waals surface area contributed by atoms with Crippen molar-refractivity contribution in [2.24, 2.45) is 10.7 Å². The molecular formula is C21H25N5. The van der Waals surface area contributed by atoms with E-state index in [1.54, 1.807) is 6.20 Å². The number of hydrogen-bond donors (Lipinski definition) is 3. The first-order valence-corrected chi connectivity index (χ1v) is 9.19. The van der Waals surface area contributed by atoms with E-state index >= 15 is 0 Å². The topological polar surface area (TPSA) is 75.3 Å². The van der Waals surface area contributed by atoms with Crippen molar-refractivity contribution in [3.05, 3.63) is 76.8 Å². The molecule has 1 aliphatic heterocycles. The van der Waals surface area contributed by atoms with Crippen LogP contribution >= 0.6 is 0 Å². The van der Waals surface area contributed by atoms with Crippen LogP contribution in [0.5, 0.6) is 0 Å². The minimum Gasteiger partial charge on any atom is -0.334 e. The van der Waals surface area contributed by atoms with Gasteiger partial charge in [-0.3, -0.25) is 4.98 Å². The van der Waals surface area contributed by atoms with Gasteiger partial charge in [-0.05, 0) is 55.0 Å². The number of pyridine rings is 1. The normalized spacial score (nSPS) is 23.5. The third-order valence-electron chi connectivity index (χ3n) is 5.22. The van der Waals surface area contributed by atoms with E-state index in [0.29, 0.717) is 6.54 Å². The number of guanidine groups is 1. The molecule has 1 aromatic carbocycles. The average Bonchev–Trinajstić information content (AvgIpc) is 3.13. The fraction of sp³-hybridized carbons (Fsp3) is 0.333. The summed E-state index contributed by atoms with van der Waals surface area (Å²) in [5.41, 5.74) is 12.3. The Labute approximate surface area is 154 Å². The summed E-state index contributed by atoms with van der Waals surface area (Å²) >= 11 is 0. The van der Waals surface area contributed by atoms with E-state index in [0.717, 1.165) is 37.3 Å². The first-order valence-electron chi connectivity index (χ1n) is 9.19. The maximum atomic E-state index is 6.90. The average molecular weight is 347 g/mol. The first kappa shape index (κ1) is 16.8. The van der Waals surface area contributed by atoms with Crippen LogP contribution in [0, 0.1) is 6.92 Å². The zero-order valence-electron chi connectivity index (χ0n) is 15.1. The van der Waals surface area contributed by atoms with E-state index in [1.165, 1.54) is 22.4 Å². The van der Waals surface area contributed by atoms with E-state index in [1.807, 2.05) is 18.2 Å². The molecule has 0 saturated heterocycles. The van der Waals surface area contributed by atoms with Gasteiger partial charge in [0.25, 0.3) is 0 Å². The lowest BCUT2D eigenvalue weighted by Crippen LogP contribution is -2.64. The Kier molecular flexibility index (Phi) is 4.47. The van der Waals surface area contributed by atoms with E-state index in [2.05, 4.69) is 46.8 Å². The molecule has 0 bridgehead atoms. The molecule has 0 spiro atoms. The lowest BCUT2D eigenvalue weighted by Gasteiger charge is -2.39. The van der Waals surface area contributed by atoms with E-state index in [4.69, 9.17) is 10.7 Å². The number of aryl methyl sites for hydroxylation is 1. The number of nitrogens with two attached hydrogens (primary N) is 1. The predicted octanol–water partition coefficient (Wildman–Crippen LogP) is 2.77. The fourth-order valence-corrected chi connectivity index (χ4v) is 3.83. The lowest BCUT2D eigenvalue weighted by atomic mass is 9.88. The highest BCUT2D eigenvalue weighted by Crippen LogP contribution is 2.34. The second kappa shape index (κ2) is 6.92. The molecule has 0 radical (unpaired) electrons. The van der Waals surface area contributed by atoms with Crippen LogP contribution in [-0.4, -0.2) is 16.6 Å². The van der Waals surface area contributed by atoms with E-state index < -0.39 is 5.66 Å². The molecule has 4 rings (SSSR count). The van der Waals surface area contributed by atoms with Crippen molar-refractivity contribution in [3.8, 4) is 0 Å². The summed E-state index contributed by atoms with van der Waals surface area (Å²) in [5, 5.41) is 6.93. The van der Waals surface area contributed by atoms with Gasteiger partial charge in [0.1, 0.15) is 5.66 Å². The summed E-state index contributed by atoms with van der Waals surface area (Å²) in [6, 6.07) is 14.3. The van der Waals surface area contributed by atoms with Crippen LogP contribution in [0.2, 0.25) is 0 Å². The third-order valence-corrected chi connectivity index (χ3v) is 5.22. The van der Waals surface area contributed by atoms with Crippen LogP contribution in [0.25, 0.3) is 0 Å². The highest BCUT2D eigenvalue weighted by Gasteiger charge is 2.39. The second-order valence-electron chi connectivity index (χ2n) is 7.12. The molecule has 2 aliphatic rings. The van der Waals surface area contributed by atoms with Crippen molar-refractivity contribution in [2.45, 2.75) is 44.8 Å². The Balaban J connectivity index is 1.61. The zero-order valence-corrected chi connectivity index (χ0v) is 15.1. The van der Waals surface area contributed by atoms with Gasteiger partial charge in [0.15, 0.2) is 5.96 Å². The number of benzene rings is 1. The maximum absolute atomic E-state index is 6.90. The van der Waals surface area contributed by atoms with Crippen LogP contribution in [0.15, 0.2) is 64.9 Å². The Morgan fingerprint density at radius 2 is 2.00 bits per heavy atom. The molecule has 1 aromatic heterocycles. The minimum atomic E-state index is -0.591. The van der Waals surface area contributed by atoms with E-state index in [-0.39, 0.29) is 0 Å². The Bertz CT molecular complexity index is 856. The number of aromatic nitrogens is 1. The molecule has 26 heavy (non-hydrogen) atoms. The number of nitrogens with zero attached hydrogens (tertiary/aromatic N) is 2. The van der Waals surface area contributed by atoms with Gasteiger partial charge in [-0.2, -0.15) is 0 Å². The SMILES string of the molecule is Cc1ccccc1CC1(N)NC(=NCc2ccccn2)NC2=C1CCC2. The van der Waals surface area contributed by atoms with Gasteiger partial charge in [-0.25, -0.2) is 4.99 Å². The van der Waals surface area contributed by atoms with E-state index in [9.17, 15) is 0 Å². The van der Waals surface area contributed by atoms with Crippen molar-refractivity contribution in [1.29, 1.82) is 0 Å². The van der Waals surface area contributed by atoms with Gasteiger partial charge in [-0.1, -0.05) is 30.3 Å². The molecule has 1 aliphatic carbocycles. The van der Waals surface area contributed by atoms with Gasteiger partial charge in [-0.15, -0.1) is 0 Å². The van der Waals surface area contributed by atoms with Gasteiger partial charge < -0.3 is 16.4 Å². The van der Waals surface area contributed by atoms with Crippen LogP contribution in [-0.2, 0) is 13.0 Å². The van der Waals surface area contributed by atoms with Crippen LogP contribution in [0.1, 0.15) is 36.1 Å². The molecule has 0 amide bonds. The second-order valence-corrected chi connectivity index (χ2v) is 7.12. The molecule has 1 unspecified atom stereocenters. The van der Waals surface area contributed by atoms with Crippen molar-refractivity contribution in [1.82, 2.24) is 15.6 Å². The minimum absolute atomic E-state index is 0.527. The molecule has 1 atom stereocenters. The summed E-state index contributed by atoms with van der Waals surface area (Å²) in [4.78, 5) is 9.03. The summed E-state index contributed by atoms with van der Waals surface area (Å²) in [7, 11) is 0. The highest BCUT2D eigenvalue weighted by atomic mass is 15.3. The Morgan fingerprint density at radius 1 is 1.15 bits per heavy atom. The monoisotopic (exact) mass is 347 g/mol. The van der Waals surface area contributed by atoms with Gasteiger partial charge >= 0.3 is 0 Å². The Hall–Kier alpha value is -2.66. The lowest BCUT2D eigenvalue weighted by molar-refractivity contribution is 0.429. The molecule has 4 N–H and O–H groups in total. The summed E-state index contributed by atoms with van der Waals surface area (Å²) in [6.07, 6.45) is 5.75. The number of allylic oxidation sites excluding steroid dienone is 1. The third kappa shape index (κ3) is 3.35. The fourth-order valence-electron chi connectivity index (χ4n) is 3.83. The zero-order chi connectivity index (χ0) is 18.0. The maximum Gasteiger partial charge on any atom is 0.197 e. The van der Waals surface area contributed by atoms with Gasteiger partial charge in [0, 0.05) is 18.3 Å². The number of aliphatic imine (C=N–C) groups is 1. The predicted molar refractivity (Wildman–Crippen MR) is 104 cm³/mol. The van der Waals surface area contributed by atoms with Crippen molar-refractivity contribution in [3.63, 3.8) is 0 Å². The molecule has 5 nitrogen and oxygen atoms in total. The quantitative estimate of drug-likeness (QED) is 0.795. The largest absolute Gasteiger partial charge is 0.334 e. The molecule has 0 fully saturated rings. The molecular weight excluding hydrogens is 322 g/mol. The summed E-state index contributed by atoms with van der Waals surface area (Å²) in [6.45, 7) is 2.67. The first-order chi connectivity index (χ1) is 12.6. The number of nitrogens with one attached hydrogen (secondary N) is 2. The van der Waals surface area contributed by atoms with Crippen LogP contribution in [0.4, 0.5) is 0 Å². The van der Waals surface area contributed by atoms with Crippen LogP contribution in [0.3, 0.4) is 0 Å². The molecule has 5 heteroatoms.